The van der Waals surface area contributed by atoms with Gasteiger partial charge >= 0.3 is 0 Å². The maximum atomic E-state index is 13.8. The van der Waals surface area contributed by atoms with Crippen molar-refractivity contribution in [3.05, 3.63) is 17.8 Å². The summed E-state index contributed by atoms with van der Waals surface area (Å²) in [6, 6.07) is 0. The first-order chi connectivity index (χ1) is 7.20. The molecule has 1 heterocycles. The average molecular weight is 212 g/mol. The van der Waals surface area contributed by atoms with Crippen LogP contribution in [0.2, 0.25) is 0 Å². The Hall–Kier alpha value is -1.23. The Morgan fingerprint density at radius 2 is 2.20 bits per heavy atom. The summed E-state index contributed by atoms with van der Waals surface area (Å²) >= 11 is 0. The molecule has 0 saturated heterocycles. The van der Waals surface area contributed by atoms with E-state index in [1.807, 2.05) is 6.92 Å². The second kappa shape index (κ2) is 5.60. The summed E-state index contributed by atoms with van der Waals surface area (Å²) in [5.74, 6) is 0.0369. The van der Waals surface area contributed by atoms with Gasteiger partial charge in [-0.1, -0.05) is 6.92 Å². The number of hydrogen-bond acceptors (Lipinski definition) is 4. The minimum Gasteiger partial charge on any atom is -0.357 e. The van der Waals surface area contributed by atoms with Crippen LogP contribution in [0.1, 0.15) is 19.0 Å². The highest BCUT2D eigenvalue weighted by Crippen LogP contribution is 2.16. The molecule has 0 saturated carbocycles. The molecule has 0 atom stereocenters. The highest BCUT2D eigenvalue weighted by molar-refractivity contribution is 5.39. The first-order valence-corrected chi connectivity index (χ1v) is 5.11. The van der Waals surface area contributed by atoms with Crippen LogP contribution in [-0.2, 0) is 6.42 Å². The maximum absolute atomic E-state index is 13.8. The van der Waals surface area contributed by atoms with Gasteiger partial charge in [0.2, 0.25) is 0 Å². The molecular weight excluding hydrogens is 195 g/mol. The average Bonchev–Trinajstić information content (AvgIpc) is 2.26. The van der Waals surface area contributed by atoms with Crippen molar-refractivity contribution >= 4 is 5.82 Å². The van der Waals surface area contributed by atoms with Crippen LogP contribution in [0.3, 0.4) is 0 Å². The quantitative estimate of drug-likeness (QED) is 0.790. The number of halogens is 1. The third-order valence-electron chi connectivity index (χ3n) is 2.24. The molecule has 0 spiro atoms. The Balaban J connectivity index is 2.83. The predicted molar refractivity (Wildman–Crippen MR) is 58.3 cm³/mol. The summed E-state index contributed by atoms with van der Waals surface area (Å²) in [5, 5.41) is 0. The summed E-state index contributed by atoms with van der Waals surface area (Å²) < 4.78 is 13.8. The molecule has 0 aliphatic carbocycles. The monoisotopic (exact) mass is 212 g/mol. The number of aromatic nitrogens is 2. The molecule has 0 unspecified atom stereocenters. The van der Waals surface area contributed by atoms with E-state index in [2.05, 4.69) is 9.97 Å². The molecule has 0 radical (unpaired) electrons. The molecule has 1 aromatic rings. The summed E-state index contributed by atoms with van der Waals surface area (Å²) in [7, 11) is 1.81. The summed E-state index contributed by atoms with van der Waals surface area (Å²) in [6.45, 7) is 3.17. The van der Waals surface area contributed by atoms with Gasteiger partial charge in [0, 0.05) is 13.6 Å². The fourth-order valence-electron chi connectivity index (χ4n) is 1.34. The number of rotatable bonds is 5. The second-order valence-corrected chi connectivity index (χ2v) is 3.38. The lowest BCUT2D eigenvalue weighted by Gasteiger charge is -2.18. The highest BCUT2D eigenvalue weighted by atomic mass is 19.1. The standard InChI is InChI=1S/C10H17FN4/c1-3-8-9(11)10(14-7-13-8)15(2)6-4-5-12/h7H,3-6,12H2,1-2H3. The molecule has 0 aromatic carbocycles. The van der Waals surface area contributed by atoms with Gasteiger partial charge in [-0.15, -0.1) is 0 Å². The van der Waals surface area contributed by atoms with Crippen LogP contribution in [0.4, 0.5) is 10.2 Å². The van der Waals surface area contributed by atoms with Crippen LogP contribution in [0, 0.1) is 5.82 Å². The fraction of sp³-hybridized carbons (Fsp3) is 0.600. The second-order valence-electron chi connectivity index (χ2n) is 3.38. The molecule has 2 N–H and O–H groups in total. The fourth-order valence-corrected chi connectivity index (χ4v) is 1.34. The van der Waals surface area contributed by atoms with E-state index in [9.17, 15) is 4.39 Å². The normalized spacial score (nSPS) is 10.4. The van der Waals surface area contributed by atoms with Crippen molar-refractivity contribution in [2.45, 2.75) is 19.8 Å². The van der Waals surface area contributed by atoms with Crippen molar-refractivity contribution in [2.24, 2.45) is 5.73 Å². The largest absolute Gasteiger partial charge is 0.357 e. The van der Waals surface area contributed by atoms with E-state index in [0.717, 1.165) is 6.42 Å². The SMILES string of the molecule is CCc1ncnc(N(C)CCCN)c1F. The van der Waals surface area contributed by atoms with Gasteiger partial charge < -0.3 is 10.6 Å². The van der Waals surface area contributed by atoms with E-state index in [4.69, 9.17) is 5.73 Å². The van der Waals surface area contributed by atoms with Gasteiger partial charge in [-0.2, -0.15) is 0 Å². The van der Waals surface area contributed by atoms with Gasteiger partial charge in [0.15, 0.2) is 11.6 Å². The van der Waals surface area contributed by atoms with Crippen LogP contribution >= 0.6 is 0 Å². The molecule has 0 fully saturated rings. The molecule has 0 aliphatic heterocycles. The third-order valence-corrected chi connectivity index (χ3v) is 2.24. The number of nitrogens with two attached hydrogens (primary N) is 1. The van der Waals surface area contributed by atoms with Crippen LogP contribution in [-0.4, -0.2) is 30.1 Å². The minimum absolute atomic E-state index is 0.320. The van der Waals surface area contributed by atoms with Gasteiger partial charge in [-0.3, -0.25) is 0 Å². The number of aryl methyl sites for hydroxylation is 1. The van der Waals surface area contributed by atoms with Crippen LogP contribution in [0.5, 0.6) is 0 Å². The van der Waals surface area contributed by atoms with Crippen LogP contribution in [0.15, 0.2) is 6.33 Å². The Morgan fingerprint density at radius 1 is 1.47 bits per heavy atom. The van der Waals surface area contributed by atoms with E-state index in [1.165, 1.54) is 6.33 Å². The van der Waals surface area contributed by atoms with Gasteiger partial charge in [0.1, 0.15) is 6.33 Å². The summed E-state index contributed by atoms with van der Waals surface area (Å²) in [4.78, 5) is 9.59. The number of hydrogen-bond donors (Lipinski definition) is 1. The Kier molecular flexibility index (Phi) is 4.42. The molecule has 0 amide bonds. The van der Waals surface area contributed by atoms with Gasteiger partial charge in [-0.25, -0.2) is 14.4 Å². The first kappa shape index (κ1) is 11.8. The Bertz CT molecular complexity index is 316. The lowest BCUT2D eigenvalue weighted by Crippen LogP contribution is -2.23. The van der Waals surface area contributed by atoms with E-state index < -0.39 is 0 Å². The maximum Gasteiger partial charge on any atom is 0.187 e. The number of nitrogens with zero attached hydrogens (tertiary/aromatic N) is 3. The van der Waals surface area contributed by atoms with Crippen molar-refractivity contribution in [3.8, 4) is 0 Å². The van der Waals surface area contributed by atoms with Crippen molar-refractivity contribution in [1.29, 1.82) is 0 Å². The molecule has 1 aromatic heterocycles. The molecular formula is C10H17FN4. The topological polar surface area (TPSA) is 55.0 Å². The summed E-state index contributed by atoms with van der Waals surface area (Å²) in [5.41, 5.74) is 5.85. The van der Waals surface area contributed by atoms with E-state index >= 15 is 0 Å². The van der Waals surface area contributed by atoms with E-state index in [0.29, 0.717) is 31.0 Å². The molecule has 5 heteroatoms. The van der Waals surface area contributed by atoms with Gasteiger partial charge in [0.25, 0.3) is 0 Å². The van der Waals surface area contributed by atoms with Crippen LogP contribution < -0.4 is 10.6 Å². The van der Waals surface area contributed by atoms with Crippen molar-refractivity contribution in [3.63, 3.8) is 0 Å². The van der Waals surface area contributed by atoms with Crippen molar-refractivity contribution in [2.75, 3.05) is 25.0 Å². The van der Waals surface area contributed by atoms with Crippen LogP contribution in [0.25, 0.3) is 0 Å². The smallest absolute Gasteiger partial charge is 0.187 e. The molecule has 0 bridgehead atoms. The molecule has 15 heavy (non-hydrogen) atoms. The molecule has 0 aliphatic rings. The van der Waals surface area contributed by atoms with Crippen molar-refractivity contribution in [1.82, 2.24) is 9.97 Å². The zero-order valence-corrected chi connectivity index (χ0v) is 9.20. The predicted octanol–water partition coefficient (Wildman–Crippen LogP) is 0.963. The minimum atomic E-state index is -0.320. The zero-order valence-electron chi connectivity index (χ0n) is 9.20. The molecule has 1 rings (SSSR count). The third kappa shape index (κ3) is 2.86. The number of anilines is 1. The highest BCUT2D eigenvalue weighted by Gasteiger charge is 2.12. The lowest BCUT2D eigenvalue weighted by atomic mass is 10.3. The van der Waals surface area contributed by atoms with Gasteiger partial charge in [0.05, 0.1) is 5.69 Å². The Labute approximate surface area is 89.3 Å². The first-order valence-electron chi connectivity index (χ1n) is 5.11. The lowest BCUT2D eigenvalue weighted by molar-refractivity contribution is 0.586. The Morgan fingerprint density at radius 3 is 2.80 bits per heavy atom. The molecule has 84 valence electrons. The zero-order chi connectivity index (χ0) is 11.3. The van der Waals surface area contributed by atoms with Gasteiger partial charge in [-0.05, 0) is 19.4 Å². The summed E-state index contributed by atoms with van der Waals surface area (Å²) in [6.07, 6.45) is 2.80. The molecule has 4 nitrogen and oxygen atoms in total. The van der Waals surface area contributed by atoms with E-state index in [1.54, 1.807) is 11.9 Å². The van der Waals surface area contributed by atoms with E-state index in [-0.39, 0.29) is 5.82 Å². The van der Waals surface area contributed by atoms with Crippen molar-refractivity contribution < 1.29 is 4.39 Å².